The van der Waals surface area contributed by atoms with E-state index in [9.17, 15) is 18.3 Å². The molecule has 0 spiro atoms. The summed E-state index contributed by atoms with van der Waals surface area (Å²) >= 11 is 0. The Kier molecular flexibility index (Phi) is 3.82. The Labute approximate surface area is 153 Å². The number of aromatic amines is 1. The van der Waals surface area contributed by atoms with Crippen molar-refractivity contribution in [2.75, 3.05) is 0 Å². The molecule has 0 atom stereocenters. The molecule has 4 rings (SSSR count). The number of halogens is 3. The number of imidazole rings is 2. The molecule has 0 saturated heterocycles. The fraction of sp³-hybridized carbons (Fsp3) is 0.250. The van der Waals surface area contributed by atoms with E-state index < -0.39 is 11.7 Å². The maximum atomic E-state index is 13.8. The zero-order valence-electron chi connectivity index (χ0n) is 15.1. The zero-order chi connectivity index (χ0) is 19.5. The van der Waals surface area contributed by atoms with E-state index in [0.29, 0.717) is 22.5 Å². The first kappa shape index (κ1) is 17.6. The van der Waals surface area contributed by atoms with Crippen molar-refractivity contribution in [3.63, 3.8) is 0 Å². The molecule has 0 unspecified atom stereocenters. The zero-order valence-corrected chi connectivity index (χ0v) is 15.1. The van der Waals surface area contributed by atoms with Gasteiger partial charge in [0.05, 0.1) is 34.6 Å². The van der Waals surface area contributed by atoms with Gasteiger partial charge in [0.1, 0.15) is 0 Å². The Balaban J connectivity index is 2.18. The number of hydrogen-bond acceptors (Lipinski definition) is 2. The molecular formula is C20H18F3N3O. The topological polar surface area (TPSA) is 53.3 Å². The molecular weight excluding hydrogens is 355 g/mol. The summed E-state index contributed by atoms with van der Waals surface area (Å²) in [5, 5.41) is 9.99. The van der Waals surface area contributed by atoms with E-state index in [1.165, 1.54) is 6.92 Å². The van der Waals surface area contributed by atoms with Gasteiger partial charge in [-0.3, -0.25) is 4.40 Å². The van der Waals surface area contributed by atoms with Crippen LogP contribution in [0.3, 0.4) is 0 Å². The van der Waals surface area contributed by atoms with Crippen LogP contribution >= 0.6 is 0 Å². The molecule has 2 heterocycles. The predicted octanol–water partition coefficient (Wildman–Crippen LogP) is 4.92. The van der Waals surface area contributed by atoms with Gasteiger partial charge in [-0.05, 0) is 37.5 Å². The first-order valence-electron chi connectivity index (χ1n) is 8.52. The third kappa shape index (κ3) is 2.45. The van der Waals surface area contributed by atoms with Crippen molar-refractivity contribution in [1.82, 2.24) is 14.4 Å². The number of aryl methyl sites for hydroxylation is 1. The summed E-state index contributed by atoms with van der Waals surface area (Å²) in [5.74, 6) is 0.284. The number of alkyl halides is 3. The number of H-pyrrole nitrogens is 1. The Morgan fingerprint density at radius 2 is 1.70 bits per heavy atom. The van der Waals surface area contributed by atoms with Gasteiger partial charge in [0.15, 0.2) is 0 Å². The fourth-order valence-corrected chi connectivity index (χ4v) is 3.76. The fourth-order valence-electron chi connectivity index (χ4n) is 3.76. The van der Waals surface area contributed by atoms with Crippen molar-refractivity contribution >= 4 is 16.8 Å². The number of fused-ring (bicyclic) bond motifs is 3. The highest BCUT2D eigenvalue weighted by molar-refractivity contribution is 5.90. The summed E-state index contributed by atoms with van der Waals surface area (Å²) in [6, 6.07) is 9.27. The number of nitrogens with one attached hydrogen (secondary N) is 1. The van der Waals surface area contributed by atoms with E-state index in [-0.39, 0.29) is 23.5 Å². The maximum Gasteiger partial charge on any atom is 0.418 e. The number of rotatable bonds is 2. The average molecular weight is 373 g/mol. The lowest BCUT2D eigenvalue weighted by Gasteiger charge is -2.16. The summed E-state index contributed by atoms with van der Waals surface area (Å²) in [4.78, 5) is 7.34. The Hall–Kier alpha value is -2.80. The molecule has 4 aromatic rings. The predicted molar refractivity (Wildman–Crippen MR) is 97.6 cm³/mol. The van der Waals surface area contributed by atoms with Crippen molar-refractivity contribution in [2.45, 2.75) is 33.6 Å². The minimum absolute atomic E-state index is 0.0000818. The molecule has 2 aromatic carbocycles. The van der Waals surface area contributed by atoms with Gasteiger partial charge in [0.25, 0.3) is 0 Å². The van der Waals surface area contributed by atoms with E-state index in [1.807, 2.05) is 30.3 Å². The lowest BCUT2D eigenvalue weighted by molar-refractivity contribution is -0.136. The van der Waals surface area contributed by atoms with Crippen LogP contribution < -0.4 is 0 Å². The third-order valence-corrected chi connectivity index (χ3v) is 5.26. The van der Waals surface area contributed by atoms with Gasteiger partial charge in [-0.25, -0.2) is 4.98 Å². The highest BCUT2D eigenvalue weighted by atomic mass is 19.4. The van der Waals surface area contributed by atoms with Gasteiger partial charge >= 0.3 is 6.18 Å². The lowest BCUT2D eigenvalue weighted by Crippen LogP contribution is -2.11. The number of hydrogen-bond donors (Lipinski definition) is 2. The summed E-state index contributed by atoms with van der Waals surface area (Å²) in [7, 11) is 0. The second-order valence-electron chi connectivity index (χ2n) is 6.69. The Morgan fingerprint density at radius 1 is 1.04 bits per heavy atom. The van der Waals surface area contributed by atoms with Crippen LogP contribution in [0.15, 0.2) is 30.3 Å². The van der Waals surface area contributed by atoms with Crippen molar-refractivity contribution in [3.05, 3.63) is 58.3 Å². The van der Waals surface area contributed by atoms with Gasteiger partial charge in [0, 0.05) is 5.56 Å². The number of aliphatic hydroxyl groups excluding tert-OH is 1. The first-order valence-corrected chi connectivity index (χ1v) is 8.52. The second kappa shape index (κ2) is 5.85. The molecule has 0 aliphatic heterocycles. The van der Waals surface area contributed by atoms with Crippen LogP contribution in [0.5, 0.6) is 0 Å². The van der Waals surface area contributed by atoms with Crippen LogP contribution in [-0.4, -0.2) is 19.5 Å². The number of aromatic nitrogens is 3. The van der Waals surface area contributed by atoms with Crippen LogP contribution in [0.1, 0.15) is 27.9 Å². The van der Waals surface area contributed by atoms with Crippen molar-refractivity contribution in [1.29, 1.82) is 0 Å². The summed E-state index contributed by atoms with van der Waals surface area (Å²) in [6.07, 6.45) is -4.49. The average Bonchev–Trinajstić information content (AvgIpc) is 3.15. The van der Waals surface area contributed by atoms with Gasteiger partial charge in [-0.1, -0.05) is 30.3 Å². The van der Waals surface area contributed by atoms with Crippen molar-refractivity contribution in [2.24, 2.45) is 0 Å². The highest BCUT2D eigenvalue weighted by Gasteiger charge is 2.37. The molecule has 2 N–H and O–H groups in total. The smallest absolute Gasteiger partial charge is 0.390 e. The summed E-state index contributed by atoms with van der Waals surface area (Å²) in [6.45, 7) is 4.62. The monoisotopic (exact) mass is 373 g/mol. The van der Waals surface area contributed by atoms with E-state index in [2.05, 4.69) is 9.97 Å². The quantitative estimate of drug-likeness (QED) is 0.524. The molecule has 0 aliphatic carbocycles. The van der Waals surface area contributed by atoms with Crippen molar-refractivity contribution < 1.29 is 18.3 Å². The second-order valence-corrected chi connectivity index (χ2v) is 6.69. The Morgan fingerprint density at radius 3 is 2.30 bits per heavy atom. The van der Waals surface area contributed by atoms with Crippen LogP contribution in [-0.2, 0) is 12.8 Å². The van der Waals surface area contributed by atoms with Crippen LogP contribution in [0.2, 0.25) is 0 Å². The first-order chi connectivity index (χ1) is 12.8. The minimum atomic E-state index is -4.49. The van der Waals surface area contributed by atoms with Crippen LogP contribution in [0.25, 0.3) is 28.1 Å². The minimum Gasteiger partial charge on any atom is -0.390 e. The van der Waals surface area contributed by atoms with Gasteiger partial charge in [-0.2, -0.15) is 13.2 Å². The lowest BCUT2D eigenvalue weighted by atomic mass is 9.96. The molecule has 140 valence electrons. The van der Waals surface area contributed by atoms with Gasteiger partial charge in [-0.15, -0.1) is 0 Å². The molecule has 7 heteroatoms. The normalized spacial score (nSPS) is 12.4. The molecule has 4 nitrogen and oxygen atoms in total. The van der Waals surface area contributed by atoms with Crippen LogP contribution in [0, 0.1) is 20.8 Å². The van der Waals surface area contributed by atoms with Crippen molar-refractivity contribution in [3.8, 4) is 11.3 Å². The molecule has 2 aromatic heterocycles. The van der Waals surface area contributed by atoms with Gasteiger partial charge < -0.3 is 10.1 Å². The van der Waals surface area contributed by atoms with Gasteiger partial charge in [0.2, 0.25) is 5.78 Å². The molecule has 0 saturated carbocycles. The number of benzene rings is 2. The van der Waals surface area contributed by atoms with E-state index >= 15 is 0 Å². The SMILES string of the molecule is Cc1c(C)c(C)c2c([nH]c3nc(-c4ccccc4)c(CO)n32)c1C(F)(F)F. The number of aliphatic hydroxyl groups is 1. The maximum absolute atomic E-state index is 13.8. The summed E-state index contributed by atoms with van der Waals surface area (Å²) in [5.41, 5.74) is 3.04. The van der Waals surface area contributed by atoms with Crippen LogP contribution in [0.4, 0.5) is 13.2 Å². The standard InChI is InChI=1S/C20H18F3N3O/c1-10-11(2)15(20(21,22)23)17-18(12(10)3)26-14(9-27)16(24-19(26)25-17)13-7-5-4-6-8-13/h4-8,27H,9H2,1-3H3,(H,24,25). The highest BCUT2D eigenvalue weighted by Crippen LogP contribution is 2.41. The van der Waals surface area contributed by atoms with E-state index in [4.69, 9.17) is 0 Å². The van der Waals surface area contributed by atoms with E-state index in [0.717, 1.165) is 11.1 Å². The molecule has 0 fully saturated rings. The third-order valence-electron chi connectivity index (χ3n) is 5.26. The van der Waals surface area contributed by atoms with E-state index in [1.54, 1.807) is 18.2 Å². The molecule has 0 amide bonds. The molecule has 0 aliphatic rings. The molecule has 27 heavy (non-hydrogen) atoms. The molecule has 0 radical (unpaired) electrons. The summed E-state index contributed by atoms with van der Waals surface area (Å²) < 4.78 is 42.9. The largest absolute Gasteiger partial charge is 0.418 e. The molecule has 0 bridgehead atoms. The number of nitrogens with zero attached hydrogens (tertiary/aromatic N) is 2. The Bertz CT molecular complexity index is 1170.